The number of para-hydroxylation sites is 1. The molecule has 0 radical (unpaired) electrons. The summed E-state index contributed by atoms with van der Waals surface area (Å²) >= 11 is 0. The molecule has 2 nitrogen and oxygen atoms in total. The third-order valence-corrected chi connectivity index (χ3v) is 4.13. The molecule has 2 heteroatoms. The van der Waals surface area contributed by atoms with Gasteiger partial charge in [0, 0.05) is 16.5 Å². The van der Waals surface area contributed by atoms with E-state index in [9.17, 15) is 0 Å². The molecule has 108 valence electrons. The maximum atomic E-state index is 6.38. The zero-order valence-corrected chi connectivity index (χ0v) is 12.6. The Hall–Kier alpha value is -2.09. The normalized spacial score (nSPS) is 11.3. The molecule has 1 aromatic heterocycles. The molecule has 0 saturated heterocycles. The van der Waals surface area contributed by atoms with Crippen molar-refractivity contribution in [3.05, 3.63) is 48.0 Å². The molecule has 2 N–H and O–H groups in total. The van der Waals surface area contributed by atoms with E-state index in [0.717, 1.165) is 33.9 Å². The second kappa shape index (κ2) is 6.13. The van der Waals surface area contributed by atoms with Gasteiger partial charge in [-0.15, -0.1) is 0 Å². The summed E-state index contributed by atoms with van der Waals surface area (Å²) in [6, 6.07) is 14.6. The summed E-state index contributed by atoms with van der Waals surface area (Å²) in [7, 11) is 0. The Morgan fingerprint density at radius 3 is 2.67 bits per heavy atom. The first-order chi connectivity index (χ1) is 10.3. The van der Waals surface area contributed by atoms with E-state index in [1.807, 2.05) is 18.2 Å². The predicted molar refractivity (Wildman–Crippen MR) is 91.5 cm³/mol. The molecule has 0 aliphatic heterocycles. The van der Waals surface area contributed by atoms with Gasteiger partial charge in [0.1, 0.15) is 0 Å². The van der Waals surface area contributed by atoms with Gasteiger partial charge >= 0.3 is 0 Å². The number of rotatable bonds is 5. The molecule has 21 heavy (non-hydrogen) atoms. The minimum atomic E-state index is 0.905. The van der Waals surface area contributed by atoms with Gasteiger partial charge < -0.3 is 5.73 Å². The van der Waals surface area contributed by atoms with Crippen LogP contribution in [0.1, 0.15) is 38.2 Å². The first kappa shape index (κ1) is 13.9. The number of aromatic nitrogens is 1. The van der Waals surface area contributed by atoms with E-state index >= 15 is 0 Å². The zero-order chi connectivity index (χ0) is 14.7. The molecule has 1 heterocycles. The highest BCUT2D eigenvalue weighted by molar-refractivity contribution is 5.99. The van der Waals surface area contributed by atoms with Crippen LogP contribution in [0, 0.1) is 0 Å². The van der Waals surface area contributed by atoms with Crippen LogP contribution < -0.4 is 5.73 Å². The van der Waals surface area contributed by atoms with Crippen molar-refractivity contribution >= 4 is 27.5 Å². The van der Waals surface area contributed by atoms with Crippen LogP contribution in [0.3, 0.4) is 0 Å². The van der Waals surface area contributed by atoms with E-state index < -0.39 is 0 Å². The second-order valence-electron chi connectivity index (χ2n) is 5.70. The van der Waals surface area contributed by atoms with Crippen LogP contribution in [0.4, 0.5) is 5.69 Å². The van der Waals surface area contributed by atoms with Gasteiger partial charge in [-0.05, 0) is 36.6 Å². The average Bonchev–Trinajstić information content (AvgIpc) is 2.52. The zero-order valence-electron chi connectivity index (χ0n) is 12.6. The fourth-order valence-corrected chi connectivity index (χ4v) is 2.88. The molecule has 0 spiro atoms. The Morgan fingerprint density at radius 1 is 0.952 bits per heavy atom. The van der Waals surface area contributed by atoms with Crippen molar-refractivity contribution in [2.75, 3.05) is 5.73 Å². The fraction of sp³-hybridized carbons (Fsp3) is 0.316. The van der Waals surface area contributed by atoms with Crippen LogP contribution in [0.5, 0.6) is 0 Å². The number of hydrogen-bond donors (Lipinski definition) is 1. The Labute approximate surface area is 126 Å². The Bertz CT molecular complexity index is 762. The number of hydrogen-bond acceptors (Lipinski definition) is 2. The summed E-state index contributed by atoms with van der Waals surface area (Å²) in [5.41, 5.74) is 10.6. The molecule has 0 amide bonds. The maximum absolute atomic E-state index is 6.38. The van der Waals surface area contributed by atoms with Gasteiger partial charge in [0.05, 0.1) is 11.0 Å². The van der Waals surface area contributed by atoms with E-state index in [4.69, 9.17) is 10.7 Å². The van der Waals surface area contributed by atoms with Crippen molar-refractivity contribution < 1.29 is 0 Å². The monoisotopic (exact) mass is 278 g/mol. The maximum Gasteiger partial charge on any atom is 0.0730 e. The molecule has 0 saturated carbocycles. The van der Waals surface area contributed by atoms with Crippen molar-refractivity contribution in [3.8, 4) is 0 Å². The first-order valence-electron chi connectivity index (χ1n) is 7.86. The number of anilines is 1. The molecule has 0 unspecified atom stereocenters. The van der Waals surface area contributed by atoms with Crippen molar-refractivity contribution in [1.29, 1.82) is 0 Å². The molecule has 0 atom stereocenters. The number of pyridine rings is 1. The largest absolute Gasteiger partial charge is 0.398 e. The van der Waals surface area contributed by atoms with Crippen molar-refractivity contribution in [3.63, 3.8) is 0 Å². The van der Waals surface area contributed by atoms with Gasteiger partial charge in [0.2, 0.25) is 0 Å². The van der Waals surface area contributed by atoms with Gasteiger partial charge in [0.25, 0.3) is 0 Å². The second-order valence-corrected chi connectivity index (χ2v) is 5.70. The fourth-order valence-electron chi connectivity index (χ4n) is 2.88. The Kier molecular flexibility index (Phi) is 4.05. The molecular weight excluding hydrogens is 256 g/mol. The van der Waals surface area contributed by atoms with Crippen LogP contribution >= 0.6 is 0 Å². The lowest BCUT2D eigenvalue weighted by molar-refractivity contribution is 0.667. The lowest BCUT2D eigenvalue weighted by atomic mass is 10.0. The number of aryl methyl sites for hydroxylation is 1. The molecule has 0 bridgehead atoms. The van der Waals surface area contributed by atoms with Gasteiger partial charge in [-0.25, -0.2) is 4.98 Å². The van der Waals surface area contributed by atoms with E-state index in [1.54, 1.807) is 0 Å². The SMILES string of the molecule is CCCCCCc1ccc2nc3ccccc3cc2c1N. The Morgan fingerprint density at radius 2 is 1.81 bits per heavy atom. The lowest BCUT2D eigenvalue weighted by Crippen LogP contribution is -1.97. The first-order valence-corrected chi connectivity index (χ1v) is 7.86. The van der Waals surface area contributed by atoms with Crippen LogP contribution in [-0.4, -0.2) is 4.98 Å². The quantitative estimate of drug-likeness (QED) is 0.401. The van der Waals surface area contributed by atoms with Crippen LogP contribution in [-0.2, 0) is 6.42 Å². The van der Waals surface area contributed by atoms with Crippen LogP contribution in [0.25, 0.3) is 21.8 Å². The standard InChI is InChI=1S/C19H22N2/c1-2-3-4-5-8-14-11-12-18-16(19(14)20)13-15-9-6-7-10-17(15)21-18/h6-7,9-13H,2-5,8,20H2,1H3. The summed E-state index contributed by atoms with van der Waals surface area (Å²) in [5.74, 6) is 0. The molecule has 0 aliphatic rings. The van der Waals surface area contributed by atoms with Crippen molar-refractivity contribution in [1.82, 2.24) is 4.98 Å². The average molecular weight is 278 g/mol. The van der Waals surface area contributed by atoms with E-state index in [2.05, 4.69) is 31.2 Å². The number of unbranched alkanes of at least 4 members (excludes halogenated alkanes) is 3. The summed E-state index contributed by atoms with van der Waals surface area (Å²) < 4.78 is 0. The summed E-state index contributed by atoms with van der Waals surface area (Å²) in [5, 5.41) is 2.24. The van der Waals surface area contributed by atoms with E-state index in [1.165, 1.54) is 31.2 Å². The molecular formula is C19H22N2. The minimum absolute atomic E-state index is 0.905. The van der Waals surface area contributed by atoms with Crippen LogP contribution in [0.15, 0.2) is 42.5 Å². The summed E-state index contributed by atoms with van der Waals surface area (Å²) in [4.78, 5) is 4.71. The molecule has 3 rings (SSSR count). The highest BCUT2D eigenvalue weighted by Crippen LogP contribution is 2.28. The highest BCUT2D eigenvalue weighted by atomic mass is 14.7. The highest BCUT2D eigenvalue weighted by Gasteiger charge is 2.07. The Balaban J connectivity index is 1.97. The molecule has 2 aromatic carbocycles. The molecule has 0 aliphatic carbocycles. The van der Waals surface area contributed by atoms with Crippen LogP contribution in [0.2, 0.25) is 0 Å². The third kappa shape index (κ3) is 2.85. The molecule has 3 aromatic rings. The van der Waals surface area contributed by atoms with Gasteiger partial charge in [-0.2, -0.15) is 0 Å². The van der Waals surface area contributed by atoms with Crippen molar-refractivity contribution in [2.45, 2.75) is 39.0 Å². The summed E-state index contributed by atoms with van der Waals surface area (Å²) in [6.45, 7) is 2.24. The lowest BCUT2D eigenvalue weighted by Gasteiger charge is -2.10. The van der Waals surface area contributed by atoms with E-state index in [-0.39, 0.29) is 0 Å². The summed E-state index contributed by atoms with van der Waals surface area (Å²) in [6.07, 6.45) is 6.13. The smallest absolute Gasteiger partial charge is 0.0730 e. The van der Waals surface area contributed by atoms with Gasteiger partial charge in [0.15, 0.2) is 0 Å². The number of nitrogen functional groups attached to an aromatic ring is 1. The third-order valence-electron chi connectivity index (χ3n) is 4.13. The topological polar surface area (TPSA) is 38.9 Å². The minimum Gasteiger partial charge on any atom is -0.398 e. The van der Waals surface area contributed by atoms with E-state index in [0.29, 0.717) is 0 Å². The number of nitrogens with two attached hydrogens (primary N) is 1. The predicted octanol–water partition coefficient (Wildman–Crippen LogP) is 5.09. The number of benzene rings is 2. The number of nitrogens with zero attached hydrogens (tertiary/aromatic N) is 1. The molecule has 0 fully saturated rings. The van der Waals surface area contributed by atoms with Crippen molar-refractivity contribution in [2.24, 2.45) is 0 Å². The van der Waals surface area contributed by atoms with Gasteiger partial charge in [-0.3, -0.25) is 0 Å². The number of fused-ring (bicyclic) bond motifs is 2. The van der Waals surface area contributed by atoms with Gasteiger partial charge in [-0.1, -0.05) is 50.5 Å².